The Balaban J connectivity index is 1.32. The van der Waals surface area contributed by atoms with Crippen molar-refractivity contribution in [2.75, 3.05) is 26.1 Å². The first-order chi connectivity index (χ1) is 20.7. The number of carbonyl (C=O) groups excluding carboxylic acids is 2. The molecule has 2 aromatic heterocycles. The predicted molar refractivity (Wildman–Crippen MR) is 157 cm³/mol. The van der Waals surface area contributed by atoms with Gasteiger partial charge in [0.25, 0.3) is 5.91 Å². The highest BCUT2D eigenvalue weighted by Crippen LogP contribution is 2.33. The third-order valence-electron chi connectivity index (χ3n) is 7.04. The fraction of sp³-hybridized carbons (Fsp3) is 0.233. The Morgan fingerprint density at radius 2 is 1.93 bits per heavy atom. The Bertz CT molecular complexity index is 1670. The smallest absolute Gasteiger partial charge is 0.255 e. The summed E-state index contributed by atoms with van der Waals surface area (Å²) in [5.41, 5.74) is 3.12. The highest BCUT2D eigenvalue weighted by atomic mass is 35.5. The molecule has 13 heteroatoms. The molecule has 0 aliphatic carbocycles. The summed E-state index contributed by atoms with van der Waals surface area (Å²) >= 11 is 6.44. The van der Waals surface area contributed by atoms with Gasteiger partial charge in [0.2, 0.25) is 17.7 Å². The van der Waals surface area contributed by atoms with Crippen LogP contribution in [0.25, 0.3) is 11.3 Å². The molecule has 0 bridgehead atoms. The summed E-state index contributed by atoms with van der Waals surface area (Å²) in [4.78, 5) is 41.0. The monoisotopic (exact) mass is 606 g/mol. The fourth-order valence-electron chi connectivity index (χ4n) is 4.69. The summed E-state index contributed by atoms with van der Waals surface area (Å²) < 4.78 is 24.2. The number of nitrogens with one attached hydrogen (secondary N) is 2. The molecular formula is C30H28ClFN6O5. The van der Waals surface area contributed by atoms with Crippen molar-refractivity contribution >= 4 is 35.1 Å². The molecule has 2 aromatic carbocycles. The van der Waals surface area contributed by atoms with E-state index < -0.39 is 30.4 Å². The Morgan fingerprint density at radius 3 is 2.63 bits per heavy atom. The van der Waals surface area contributed by atoms with Gasteiger partial charge in [0.15, 0.2) is 0 Å². The molecule has 4 aromatic rings. The van der Waals surface area contributed by atoms with Crippen molar-refractivity contribution in [1.29, 1.82) is 0 Å². The molecule has 43 heavy (non-hydrogen) atoms. The van der Waals surface area contributed by atoms with Gasteiger partial charge in [-0.3, -0.25) is 9.59 Å². The van der Waals surface area contributed by atoms with Crippen molar-refractivity contribution in [1.82, 2.24) is 25.2 Å². The van der Waals surface area contributed by atoms with Crippen LogP contribution in [0, 0.1) is 5.82 Å². The van der Waals surface area contributed by atoms with Crippen LogP contribution in [-0.4, -0.2) is 63.6 Å². The van der Waals surface area contributed by atoms with Crippen LogP contribution in [-0.2, 0) is 11.3 Å². The molecule has 0 spiro atoms. The van der Waals surface area contributed by atoms with E-state index in [4.69, 9.17) is 21.1 Å². The van der Waals surface area contributed by atoms with Gasteiger partial charge in [0.1, 0.15) is 17.6 Å². The van der Waals surface area contributed by atoms with Gasteiger partial charge in [-0.2, -0.15) is 0 Å². The molecule has 1 aliphatic rings. The van der Waals surface area contributed by atoms with Crippen LogP contribution in [0.4, 0.5) is 16.0 Å². The second-order valence-corrected chi connectivity index (χ2v) is 10.2. The minimum absolute atomic E-state index is 0.204. The van der Waals surface area contributed by atoms with Gasteiger partial charge >= 0.3 is 0 Å². The molecule has 5 rings (SSSR count). The summed E-state index contributed by atoms with van der Waals surface area (Å²) in [6.07, 6.45) is 3.04. The Hall–Kier alpha value is -4.81. The van der Waals surface area contributed by atoms with Crippen LogP contribution in [0.3, 0.4) is 0 Å². The summed E-state index contributed by atoms with van der Waals surface area (Å²) in [7, 11) is 2.92. The topological polar surface area (TPSA) is 139 Å². The molecular weight excluding hydrogens is 579 g/mol. The fourth-order valence-corrected chi connectivity index (χ4v) is 4.89. The molecule has 2 atom stereocenters. The molecule has 0 saturated carbocycles. The molecule has 3 N–H and O–H groups in total. The summed E-state index contributed by atoms with van der Waals surface area (Å²) in [5.74, 6) is -0.431. The lowest BCUT2D eigenvalue weighted by Crippen LogP contribution is -2.46. The number of hydrogen-bond acceptors (Lipinski definition) is 9. The number of aromatic nitrogens is 3. The largest absolute Gasteiger partial charge is 0.497 e. The molecule has 1 aliphatic heterocycles. The molecule has 0 fully saturated rings. The number of amides is 2. The summed E-state index contributed by atoms with van der Waals surface area (Å²) in [6, 6.07) is 10.9. The van der Waals surface area contributed by atoms with Crippen molar-refractivity contribution in [3.8, 4) is 22.9 Å². The number of fused-ring (bicyclic) bond motifs is 1. The zero-order valence-electron chi connectivity index (χ0n) is 23.5. The number of aliphatic hydroxyl groups excluding tert-OH is 1. The number of methoxy groups -OCH3 is 2. The number of pyridine rings is 1. The van der Waals surface area contributed by atoms with Crippen LogP contribution in [0.5, 0.6) is 11.6 Å². The van der Waals surface area contributed by atoms with E-state index in [0.717, 1.165) is 5.56 Å². The minimum atomic E-state index is -0.900. The maximum atomic E-state index is 14.0. The number of rotatable bonds is 10. The average Bonchev–Trinajstić information content (AvgIpc) is 3.35. The third kappa shape index (κ3) is 6.35. The standard InChI is InChI=1S/C30H28ClFN6O5/c1-16(28(40)36-25(15-39)19-8-20(32)11-22(9-19)42-2)38-14-18-5-4-17(10-23(18)29(38)41)27-24(31)13-34-30(37-27)35-21-6-7-26(43-3)33-12-21/h4-13,16,25,39H,14-15H2,1-3H3,(H,36,40)(H,34,35,37)/t16-,25-/m1/s1. The first-order valence-electron chi connectivity index (χ1n) is 13.2. The normalized spacial score (nSPS) is 13.7. The summed E-state index contributed by atoms with van der Waals surface area (Å²) in [6.45, 7) is 1.32. The van der Waals surface area contributed by atoms with Gasteiger partial charge in [-0.25, -0.2) is 19.3 Å². The SMILES string of the molecule is COc1cc(F)cc([C@@H](CO)NC(=O)[C@@H](C)N2Cc3ccc(-c4nc(Nc5ccc(OC)nc5)ncc4Cl)cc3C2=O)c1. The van der Waals surface area contributed by atoms with E-state index in [2.05, 4.69) is 25.6 Å². The van der Waals surface area contributed by atoms with Gasteiger partial charge in [-0.1, -0.05) is 23.7 Å². The van der Waals surface area contributed by atoms with E-state index in [1.807, 2.05) is 0 Å². The van der Waals surface area contributed by atoms with Crippen molar-refractivity contribution < 1.29 is 28.6 Å². The van der Waals surface area contributed by atoms with E-state index in [0.29, 0.717) is 34.0 Å². The first-order valence-corrected chi connectivity index (χ1v) is 13.6. The Kier molecular flexibility index (Phi) is 8.69. The van der Waals surface area contributed by atoms with Gasteiger partial charge in [-0.05, 0) is 42.3 Å². The lowest BCUT2D eigenvalue weighted by molar-refractivity contribution is -0.126. The predicted octanol–water partition coefficient (Wildman–Crippen LogP) is 4.29. The van der Waals surface area contributed by atoms with Crippen LogP contribution in [0.1, 0.15) is 34.5 Å². The van der Waals surface area contributed by atoms with E-state index >= 15 is 0 Å². The highest BCUT2D eigenvalue weighted by molar-refractivity contribution is 6.33. The molecule has 11 nitrogen and oxygen atoms in total. The second-order valence-electron chi connectivity index (χ2n) is 9.75. The minimum Gasteiger partial charge on any atom is -0.497 e. The maximum absolute atomic E-state index is 14.0. The zero-order valence-corrected chi connectivity index (χ0v) is 24.2. The number of benzene rings is 2. The lowest BCUT2D eigenvalue weighted by Gasteiger charge is -2.26. The van der Waals surface area contributed by atoms with Gasteiger partial charge in [0, 0.05) is 29.8 Å². The third-order valence-corrected chi connectivity index (χ3v) is 7.32. The van der Waals surface area contributed by atoms with Gasteiger partial charge in [0.05, 0.1) is 55.7 Å². The van der Waals surface area contributed by atoms with Gasteiger partial charge < -0.3 is 30.1 Å². The van der Waals surface area contributed by atoms with Crippen molar-refractivity contribution in [2.24, 2.45) is 0 Å². The van der Waals surface area contributed by atoms with Crippen LogP contribution < -0.4 is 20.1 Å². The van der Waals surface area contributed by atoms with Crippen molar-refractivity contribution in [3.63, 3.8) is 0 Å². The van der Waals surface area contributed by atoms with E-state index in [9.17, 15) is 19.1 Å². The van der Waals surface area contributed by atoms with Crippen LogP contribution >= 0.6 is 11.6 Å². The first kappa shape index (κ1) is 29.7. The second kappa shape index (κ2) is 12.6. The number of aliphatic hydroxyl groups is 1. The summed E-state index contributed by atoms with van der Waals surface area (Å²) in [5, 5.41) is 16.0. The number of nitrogens with zero attached hydrogens (tertiary/aromatic N) is 4. The van der Waals surface area contributed by atoms with E-state index in [1.54, 1.807) is 43.5 Å². The average molecular weight is 607 g/mol. The number of ether oxygens (including phenoxy) is 2. The Labute approximate surface area is 251 Å². The zero-order chi connectivity index (χ0) is 30.7. The molecule has 222 valence electrons. The molecule has 0 saturated heterocycles. The van der Waals surface area contributed by atoms with Crippen molar-refractivity contribution in [3.05, 3.63) is 88.5 Å². The van der Waals surface area contributed by atoms with Crippen LogP contribution in [0.2, 0.25) is 5.02 Å². The maximum Gasteiger partial charge on any atom is 0.255 e. The number of anilines is 2. The highest BCUT2D eigenvalue weighted by Gasteiger charge is 2.35. The molecule has 2 amide bonds. The quantitative estimate of drug-likeness (QED) is 0.241. The molecule has 3 heterocycles. The van der Waals surface area contributed by atoms with E-state index in [-0.39, 0.29) is 29.2 Å². The molecule has 0 unspecified atom stereocenters. The van der Waals surface area contributed by atoms with E-state index in [1.165, 1.54) is 43.5 Å². The molecule has 0 radical (unpaired) electrons. The number of hydrogen-bond donors (Lipinski definition) is 3. The number of halogens is 2. The van der Waals surface area contributed by atoms with Crippen LogP contribution in [0.15, 0.2) is 60.9 Å². The Morgan fingerprint density at radius 1 is 1.12 bits per heavy atom. The van der Waals surface area contributed by atoms with Gasteiger partial charge in [-0.15, -0.1) is 0 Å². The number of carbonyl (C=O) groups is 2. The van der Waals surface area contributed by atoms with Crippen molar-refractivity contribution in [2.45, 2.75) is 25.6 Å². The lowest BCUT2D eigenvalue weighted by atomic mass is 10.0.